The summed E-state index contributed by atoms with van der Waals surface area (Å²) in [5.41, 5.74) is 10.6. The molecule has 0 radical (unpaired) electrons. The first-order valence-electron chi connectivity index (χ1n) is 6.42. The van der Waals surface area contributed by atoms with E-state index in [4.69, 9.17) is 28.0 Å². The molecule has 0 saturated heterocycles. The number of carbonyl (C=O) groups excluding carboxylic acids is 1. The average molecular weight is 302 g/mol. The van der Waals surface area contributed by atoms with Crippen molar-refractivity contribution in [3.63, 3.8) is 0 Å². The van der Waals surface area contributed by atoms with Crippen molar-refractivity contribution < 1.29 is 9.53 Å². The monoisotopic (exact) mass is 302 g/mol. The maximum absolute atomic E-state index is 11.0. The first-order chi connectivity index (χ1) is 9.77. The molecule has 0 aliphatic carbocycles. The predicted octanol–water partition coefficient (Wildman–Crippen LogP) is 2.87. The predicted molar refractivity (Wildman–Crippen MR) is 86.5 cm³/mol. The Labute approximate surface area is 130 Å². The molecule has 1 aromatic rings. The molecule has 0 aliphatic heterocycles. The second-order valence-corrected chi connectivity index (χ2v) is 5.28. The van der Waals surface area contributed by atoms with Crippen LogP contribution >= 0.6 is 12.2 Å². The standard InChI is InChI=1S/C16H18N2O2S/c1-9-5-10(2)15(8-20-12(4)19)11(3)14(9)6-13(7-17)16(18)21/h5-6H,8H2,1-4H3,(H2,18,21)/b13-6-. The fourth-order valence-corrected chi connectivity index (χ4v) is 2.27. The highest BCUT2D eigenvalue weighted by Gasteiger charge is 2.12. The lowest BCUT2D eigenvalue weighted by molar-refractivity contribution is -0.142. The van der Waals surface area contributed by atoms with Crippen LogP contribution in [0.4, 0.5) is 0 Å². The van der Waals surface area contributed by atoms with Crippen molar-refractivity contribution in [2.75, 3.05) is 0 Å². The summed E-state index contributed by atoms with van der Waals surface area (Å²) in [6, 6.07) is 3.99. The third-order valence-electron chi connectivity index (χ3n) is 3.28. The quantitative estimate of drug-likeness (QED) is 0.400. The molecular weight excluding hydrogens is 284 g/mol. The average Bonchev–Trinajstić information content (AvgIpc) is 2.37. The molecule has 110 valence electrons. The van der Waals surface area contributed by atoms with Crippen LogP contribution in [0.5, 0.6) is 0 Å². The Kier molecular flexibility index (Phi) is 5.62. The van der Waals surface area contributed by atoms with Gasteiger partial charge in [-0.05, 0) is 54.7 Å². The van der Waals surface area contributed by atoms with E-state index in [0.717, 1.165) is 27.8 Å². The van der Waals surface area contributed by atoms with Crippen LogP contribution in [0.2, 0.25) is 0 Å². The fourth-order valence-electron chi connectivity index (χ4n) is 2.16. The van der Waals surface area contributed by atoms with Gasteiger partial charge in [-0.2, -0.15) is 5.26 Å². The SMILES string of the molecule is CC(=O)OCc1c(C)cc(C)c(/C=C(/C#N)C(N)=S)c1C. The van der Waals surface area contributed by atoms with Gasteiger partial charge in [0.2, 0.25) is 0 Å². The Bertz CT molecular complexity index is 670. The van der Waals surface area contributed by atoms with E-state index in [1.165, 1.54) is 6.92 Å². The molecule has 0 aliphatic rings. The van der Waals surface area contributed by atoms with Crippen molar-refractivity contribution in [3.05, 3.63) is 39.5 Å². The summed E-state index contributed by atoms with van der Waals surface area (Å²) in [6.45, 7) is 7.43. The summed E-state index contributed by atoms with van der Waals surface area (Å²) < 4.78 is 5.09. The normalized spacial score (nSPS) is 10.9. The molecule has 1 rings (SSSR count). The first kappa shape index (κ1) is 16.9. The fraction of sp³-hybridized carbons (Fsp3) is 0.312. The first-order valence-corrected chi connectivity index (χ1v) is 6.83. The summed E-state index contributed by atoms with van der Waals surface area (Å²) in [7, 11) is 0. The molecule has 0 aromatic heterocycles. The van der Waals surface area contributed by atoms with E-state index in [2.05, 4.69) is 0 Å². The Morgan fingerprint density at radius 1 is 1.43 bits per heavy atom. The van der Waals surface area contributed by atoms with Gasteiger partial charge in [0.15, 0.2) is 0 Å². The molecule has 0 saturated carbocycles. The molecule has 0 fully saturated rings. The third kappa shape index (κ3) is 4.14. The lowest BCUT2D eigenvalue weighted by Gasteiger charge is -2.15. The van der Waals surface area contributed by atoms with E-state index in [1.54, 1.807) is 6.08 Å². The summed E-state index contributed by atoms with van der Waals surface area (Å²) in [5.74, 6) is -0.327. The van der Waals surface area contributed by atoms with E-state index in [0.29, 0.717) is 0 Å². The molecule has 5 heteroatoms. The zero-order valence-electron chi connectivity index (χ0n) is 12.6. The van der Waals surface area contributed by atoms with Crippen molar-refractivity contribution in [2.45, 2.75) is 34.3 Å². The number of thiocarbonyl (C=S) groups is 1. The molecule has 0 amide bonds. The Morgan fingerprint density at radius 3 is 2.52 bits per heavy atom. The smallest absolute Gasteiger partial charge is 0.302 e. The Morgan fingerprint density at radius 2 is 2.05 bits per heavy atom. The minimum absolute atomic E-state index is 0.0680. The number of nitrogens with two attached hydrogens (primary N) is 1. The van der Waals surface area contributed by atoms with Gasteiger partial charge in [-0.3, -0.25) is 4.79 Å². The maximum Gasteiger partial charge on any atom is 0.302 e. The number of esters is 1. The number of aryl methyl sites for hydroxylation is 2. The van der Waals surface area contributed by atoms with Gasteiger partial charge < -0.3 is 10.5 Å². The lowest BCUT2D eigenvalue weighted by atomic mass is 9.92. The van der Waals surface area contributed by atoms with Gasteiger partial charge >= 0.3 is 5.97 Å². The van der Waals surface area contributed by atoms with Gasteiger partial charge in [0, 0.05) is 6.92 Å². The zero-order valence-corrected chi connectivity index (χ0v) is 13.4. The number of benzene rings is 1. The second-order valence-electron chi connectivity index (χ2n) is 4.84. The van der Waals surface area contributed by atoms with E-state index in [1.807, 2.05) is 32.9 Å². The van der Waals surface area contributed by atoms with Gasteiger partial charge in [-0.1, -0.05) is 18.3 Å². The summed E-state index contributed by atoms with van der Waals surface area (Å²) >= 11 is 4.86. The molecule has 0 spiro atoms. The zero-order chi connectivity index (χ0) is 16.2. The van der Waals surface area contributed by atoms with Crippen LogP contribution in [0.3, 0.4) is 0 Å². The Hall–Kier alpha value is -2.19. The highest BCUT2D eigenvalue weighted by atomic mass is 32.1. The molecule has 0 unspecified atom stereocenters. The summed E-state index contributed by atoms with van der Waals surface area (Å²) in [5, 5.41) is 9.08. The van der Waals surface area contributed by atoms with E-state index < -0.39 is 0 Å². The highest BCUT2D eigenvalue weighted by Crippen LogP contribution is 2.25. The summed E-state index contributed by atoms with van der Waals surface area (Å²) in [4.78, 5) is 11.1. The highest BCUT2D eigenvalue weighted by molar-refractivity contribution is 7.80. The van der Waals surface area contributed by atoms with Crippen molar-refractivity contribution in [3.8, 4) is 6.07 Å². The topological polar surface area (TPSA) is 76.1 Å². The minimum atomic E-state index is -0.327. The van der Waals surface area contributed by atoms with E-state index >= 15 is 0 Å². The molecule has 1 aromatic carbocycles. The van der Waals surface area contributed by atoms with Gasteiger partial charge in [-0.15, -0.1) is 0 Å². The van der Waals surface area contributed by atoms with Crippen LogP contribution in [0.15, 0.2) is 11.6 Å². The van der Waals surface area contributed by atoms with Crippen LogP contribution in [0.25, 0.3) is 6.08 Å². The number of hydrogen-bond acceptors (Lipinski definition) is 4. The van der Waals surface area contributed by atoms with Crippen molar-refractivity contribution >= 4 is 29.3 Å². The van der Waals surface area contributed by atoms with Crippen LogP contribution in [0.1, 0.15) is 34.7 Å². The van der Waals surface area contributed by atoms with Gasteiger partial charge in [0.1, 0.15) is 17.7 Å². The van der Waals surface area contributed by atoms with Crippen molar-refractivity contribution in [1.29, 1.82) is 5.26 Å². The molecule has 2 N–H and O–H groups in total. The minimum Gasteiger partial charge on any atom is -0.461 e. The molecule has 0 bridgehead atoms. The van der Waals surface area contributed by atoms with Crippen LogP contribution < -0.4 is 5.73 Å². The maximum atomic E-state index is 11.0. The van der Waals surface area contributed by atoms with Gasteiger partial charge in [-0.25, -0.2) is 0 Å². The van der Waals surface area contributed by atoms with Crippen LogP contribution in [0, 0.1) is 32.1 Å². The van der Waals surface area contributed by atoms with Crippen LogP contribution in [-0.4, -0.2) is 11.0 Å². The molecule has 0 atom stereocenters. The van der Waals surface area contributed by atoms with Crippen molar-refractivity contribution in [2.24, 2.45) is 5.73 Å². The van der Waals surface area contributed by atoms with E-state index in [9.17, 15) is 4.79 Å². The molecule has 0 heterocycles. The van der Waals surface area contributed by atoms with Gasteiger partial charge in [0.25, 0.3) is 0 Å². The number of rotatable bonds is 4. The van der Waals surface area contributed by atoms with Crippen molar-refractivity contribution in [1.82, 2.24) is 0 Å². The number of ether oxygens (including phenoxy) is 1. The number of hydrogen-bond donors (Lipinski definition) is 1. The number of nitriles is 1. The van der Waals surface area contributed by atoms with Gasteiger partial charge in [0.05, 0.1) is 5.57 Å². The Balaban J connectivity index is 3.40. The number of carbonyl (C=O) groups is 1. The summed E-state index contributed by atoms with van der Waals surface area (Å²) in [6.07, 6.45) is 1.68. The number of nitrogens with zero attached hydrogens (tertiary/aromatic N) is 1. The second kappa shape index (κ2) is 7.00. The lowest BCUT2D eigenvalue weighted by Crippen LogP contribution is -2.10. The third-order valence-corrected chi connectivity index (χ3v) is 3.50. The molecular formula is C16H18N2O2S. The van der Waals surface area contributed by atoms with E-state index in [-0.39, 0.29) is 23.1 Å². The molecule has 21 heavy (non-hydrogen) atoms. The van der Waals surface area contributed by atoms with Crippen LogP contribution in [-0.2, 0) is 16.1 Å². The largest absolute Gasteiger partial charge is 0.461 e. The molecule has 4 nitrogen and oxygen atoms in total.